The third kappa shape index (κ3) is 8.25. The van der Waals surface area contributed by atoms with Crippen molar-refractivity contribution in [3.8, 4) is 0 Å². The summed E-state index contributed by atoms with van der Waals surface area (Å²) in [4.78, 5) is 35.3. The Morgan fingerprint density at radius 1 is 0.923 bits per heavy atom. The maximum atomic E-state index is 11.9. The molecule has 0 bridgehead atoms. The number of ether oxygens (including phenoxy) is 3. The van der Waals surface area contributed by atoms with E-state index in [9.17, 15) is 14.4 Å². The zero-order valence-corrected chi connectivity index (χ0v) is 15.6. The van der Waals surface area contributed by atoms with Crippen LogP contribution in [0.5, 0.6) is 0 Å². The van der Waals surface area contributed by atoms with Crippen molar-refractivity contribution in [2.45, 2.75) is 39.5 Å². The summed E-state index contributed by atoms with van der Waals surface area (Å²) in [6.45, 7) is 4.56. The maximum absolute atomic E-state index is 11.9. The van der Waals surface area contributed by atoms with Gasteiger partial charge in [0.25, 0.3) is 5.78 Å². The first kappa shape index (κ1) is 21.8. The number of carbonyl (C=O) groups is 3. The Morgan fingerprint density at radius 3 is 2.19 bits per heavy atom. The third-order valence-electron chi connectivity index (χ3n) is 3.89. The molecule has 1 atom stereocenters. The minimum atomic E-state index is -0.909. The maximum Gasteiger partial charge on any atom is 0.379 e. The smallest absolute Gasteiger partial charge is 0.379 e. The topological polar surface area (TPSA) is 78.9 Å². The standard InChI is InChI=1S/C20H28O6/c1-3-5-9-16(4-2)19(22)25-14-12-24-13-15-26-20(23)18(21)17-10-7-6-8-11-17/h6-8,10-11,16H,3-5,9,12-15H2,1-2H3. The average molecular weight is 364 g/mol. The molecule has 1 aromatic carbocycles. The predicted octanol–water partition coefficient (Wildman–Crippen LogP) is 3.19. The predicted molar refractivity (Wildman–Crippen MR) is 96.8 cm³/mol. The second-order valence-electron chi connectivity index (χ2n) is 5.86. The lowest BCUT2D eigenvalue weighted by Crippen LogP contribution is -2.21. The van der Waals surface area contributed by atoms with E-state index in [4.69, 9.17) is 14.2 Å². The Labute approximate surface area is 154 Å². The number of benzene rings is 1. The Bertz CT molecular complexity index is 555. The highest BCUT2D eigenvalue weighted by Crippen LogP contribution is 2.14. The van der Waals surface area contributed by atoms with Crippen LogP contribution in [-0.2, 0) is 23.8 Å². The first-order valence-corrected chi connectivity index (χ1v) is 9.11. The molecule has 6 nitrogen and oxygen atoms in total. The number of carbonyl (C=O) groups excluding carboxylic acids is 3. The van der Waals surface area contributed by atoms with Gasteiger partial charge in [0.05, 0.1) is 19.1 Å². The van der Waals surface area contributed by atoms with Gasteiger partial charge in [-0.05, 0) is 12.8 Å². The lowest BCUT2D eigenvalue weighted by atomic mass is 10.00. The van der Waals surface area contributed by atoms with Crippen molar-refractivity contribution in [1.82, 2.24) is 0 Å². The van der Waals surface area contributed by atoms with Crippen LogP contribution in [0.15, 0.2) is 30.3 Å². The zero-order valence-electron chi connectivity index (χ0n) is 15.6. The van der Waals surface area contributed by atoms with Gasteiger partial charge in [-0.1, -0.05) is 57.0 Å². The van der Waals surface area contributed by atoms with Crippen LogP contribution >= 0.6 is 0 Å². The molecule has 0 spiro atoms. The molecule has 0 aromatic heterocycles. The molecule has 0 fully saturated rings. The molecule has 0 radical (unpaired) electrons. The van der Waals surface area contributed by atoms with Crippen molar-refractivity contribution < 1.29 is 28.6 Å². The minimum absolute atomic E-state index is 0.0283. The van der Waals surface area contributed by atoms with Crippen LogP contribution in [0, 0.1) is 5.92 Å². The van der Waals surface area contributed by atoms with Gasteiger partial charge in [0, 0.05) is 5.56 Å². The Kier molecular flexibility index (Phi) is 11.0. The van der Waals surface area contributed by atoms with Crippen LogP contribution in [0.2, 0.25) is 0 Å². The normalized spacial score (nSPS) is 11.6. The van der Waals surface area contributed by atoms with E-state index in [2.05, 4.69) is 6.92 Å². The molecular weight excluding hydrogens is 336 g/mol. The van der Waals surface area contributed by atoms with Gasteiger partial charge in [-0.2, -0.15) is 0 Å². The van der Waals surface area contributed by atoms with Gasteiger partial charge in [0.1, 0.15) is 13.2 Å². The van der Waals surface area contributed by atoms with Crippen LogP contribution in [0.25, 0.3) is 0 Å². The average Bonchev–Trinajstić information content (AvgIpc) is 2.67. The van der Waals surface area contributed by atoms with Crippen molar-refractivity contribution in [3.05, 3.63) is 35.9 Å². The van der Waals surface area contributed by atoms with Gasteiger partial charge in [-0.3, -0.25) is 9.59 Å². The summed E-state index contributed by atoms with van der Waals surface area (Å²) in [5.41, 5.74) is 0.291. The van der Waals surface area contributed by atoms with Crippen LogP contribution < -0.4 is 0 Å². The fourth-order valence-electron chi connectivity index (χ4n) is 2.33. The molecule has 0 heterocycles. The van der Waals surface area contributed by atoms with E-state index in [1.54, 1.807) is 30.3 Å². The summed E-state index contributed by atoms with van der Waals surface area (Å²) in [6.07, 6.45) is 3.68. The second-order valence-corrected chi connectivity index (χ2v) is 5.86. The molecule has 1 rings (SSSR count). The Balaban J connectivity index is 2.11. The third-order valence-corrected chi connectivity index (χ3v) is 3.89. The minimum Gasteiger partial charge on any atom is -0.463 e. The van der Waals surface area contributed by atoms with E-state index in [1.807, 2.05) is 6.92 Å². The van der Waals surface area contributed by atoms with E-state index >= 15 is 0 Å². The molecule has 6 heteroatoms. The molecule has 144 valence electrons. The monoisotopic (exact) mass is 364 g/mol. The van der Waals surface area contributed by atoms with Gasteiger partial charge in [-0.25, -0.2) is 4.79 Å². The van der Waals surface area contributed by atoms with E-state index < -0.39 is 11.8 Å². The second kappa shape index (κ2) is 13.1. The van der Waals surface area contributed by atoms with Crippen LogP contribution in [0.3, 0.4) is 0 Å². The molecule has 0 aliphatic rings. The van der Waals surface area contributed by atoms with E-state index in [0.29, 0.717) is 5.56 Å². The Morgan fingerprint density at radius 2 is 1.58 bits per heavy atom. The van der Waals surface area contributed by atoms with Gasteiger partial charge in [-0.15, -0.1) is 0 Å². The van der Waals surface area contributed by atoms with Gasteiger partial charge in [0.2, 0.25) is 0 Å². The molecule has 0 saturated heterocycles. The highest BCUT2D eigenvalue weighted by atomic mass is 16.6. The molecule has 1 aromatic rings. The van der Waals surface area contributed by atoms with Gasteiger partial charge < -0.3 is 14.2 Å². The lowest BCUT2D eigenvalue weighted by Gasteiger charge is -2.13. The highest BCUT2D eigenvalue weighted by Gasteiger charge is 2.18. The summed E-state index contributed by atoms with van der Waals surface area (Å²) >= 11 is 0. The van der Waals surface area contributed by atoms with Gasteiger partial charge in [0.15, 0.2) is 0 Å². The van der Waals surface area contributed by atoms with Crippen molar-refractivity contribution in [3.63, 3.8) is 0 Å². The quantitative estimate of drug-likeness (QED) is 0.231. The number of rotatable bonds is 13. The van der Waals surface area contributed by atoms with Crippen LogP contribution in [-0.4, -0.2) is 44.1 Å². The molecule has 0 aliphatic heterocycles. The largest absolute Gasteiger partial charge is 0.463 e. The van der Waals surface area contributed by atoms with Crippen molar-refractivity contribution in [2.75, 3.05) is 26.4 Å². The number of hydrogen-bond acceptors (Lipinski definition) is 6. The Hall–Kier alpha value is -2.21. The van der Waals surface area contributed by atoms with E-state index in [1.165, 1.54) is 0 Å². The van der Waals surface area contributed by atoms with Gasteiger partial charge >= 0.3 is 11.9 Å². The fraction of sp³-hybridized carbons (Fsp3) is 0.550. The van der Waals surface area contributed by atoms with Crippen molar-refractivity contribution in [2.24, 2.45) is 5.92 Å². The zero-order chi connectivity index (χ0) is 19.2. The summed E-state index contributed by atoms with van der Waals surface area (Å²) in [5, 5.41) is 0. The van der Waals surface area contributed by atoms with Crippen molar-refractivity contribution >= 4 is 17.7 Å². The first-order chi connectivity index (χ1) is 12.6. The number of esters is 2. The molecule has 0 N–H and O–H groups in total. The number of unbranched alkanes of at least 4 members (excludes halogenated alkanes) is 1. The number of Topliss-reactive ketones (excluding diaryl/α,β-unsaturated/α-hetero) is 1. The summed E-state index contributed by atoms with van der Waals surface area (Å²) < 4.78 is 15.3. The molecule has 0 aliphatic carbocycles. The first-order valence-electron chi connectivity index (χ1n) is 9.11. The fourth-order valence-corrected chi connectivity index (χ4v) is 2.33. The molecule has 26 heavy (non-hydrogen) atoms. The van der Waals surface area contributed by atoms with Crippen LogP contribution in [0.4, 0.5) is 0 Å². The summed E-state index contributed by atoms with van der Waals surface area (Å²) in [7, 11) is 0. The van der Waals surface area contributed by atoms with Crippen LogP contribution in [0.1, 0.15) is 49.9 Å². The summed E-state index contributed by atoms with van der Waals surface area (Å²) in [6, 6.07) is 8.22. The van der Waals surface area contributed by atoms with E-state index in [0.717, 1.165) is 25.7 Å². The number of hydrogen-bond donors (Lipinski definition) is 0. The lowest BCUT2D eigenvalue weighted by molar-refractivity contribution is -0.150. The van der Waals surface area contributed by atoms with Crippen molar-refractivity contribution in [1.29, 1.82) is 0 Å². The SMILES string of the molecule is CCCCC(CC)C(=O)OCCOCCOC(=O)C(=O)c1ccccc1. The molecule has 1 unspecified atom stereocenters. The number of ketones is 1. The highest BCUT2D eigenvalue weighted by molar-refractivity contribution is 6.40. The van der Waals surface area contributed by atoms with E-state index in [-0.39, 0.29) is 38.3 Å². The molecule has 0 amide bonds. The molecular formula is C20H28O6. The summed E-state index contributed by atoms with van der Waals surface area (Å²) in [5.74, 6) is -1.84. The molecule has 0 saturated carbocycles.